The number of aromatic nitrogens is 3. The third-order valence-electron chi connectivity index (χ3n) is 2.90. The number of hydrogen-bond acceptors (Lipinski definition) is 5. The summed E-state index contributed by atoms with van der Waals surface area (Å²) in [6.07, 6.45) is 1.77. The van der Waals surface area contributed by atoms with Crippen molar-refractivity contribution in [3.63, 3.8) is 0 Å². The normalized spacial score (nSPS) is 11.1. The van der Waals surface area contributed by atoms with Gasteiger partial charge in [0.05, 0.1) is 12.8 Å². The van der Waals surface area contributed by atoms with Crippen LogP contribution in [0.1, 0.15) is 11.8 Å². The first-order valence-corrected chi connectivity index (χ1v) is 8.05. The molecule has 2 heterocycles. The molecular formula is C15H14N4OS2. The van der Waals surface area contributed by atoms with Crippen molar-refractivity contribution in [3.8, 4) is 17.1 Å². The van der Waals surface area contributed by atoms with Crippen LogP contribution >= 0.6 is 23.6 Å². The summed E-state index contributed by atoms with van der Waals surface area (Å²) in [7, 11) is 0. The lowest BCUT2D eigenvalue weighted by molar-refractivity contribution is 0.340. The van der Waals surface area contributed by atoms with Gasteiger partial charge in [0, 0.05) is 10.4 Å². The fraction of sp³-hybridized carbons (Fsp3) is 0.133. The molecule has 0 atom stereocenters. The molecule has 5 nitrogen and oxygen atoms in total. The highest BCUT2D eigenvalue weighted by Crippen LogP contribution is 2.22. The first-order valence-electron chi connectivity index (χ1n) is 6.76. The van der Waals surface area contributed by atoms with Gasteiger partial charge in [-0.1, -0.05) is 18.2 Å². The summed E-state index contributed by atoms with van der Waals surface area (Å²) in [5, 5.41) is 13.5. The maximum atomic E-state index is 5.52. The van der Waals surface area contributed by atoms with Crippen LogP contribution in [0.4, 0.5) is 0 Å². The van der Waals surface area contributed by atoms with E-state index >= 15 is 0 Å². The zero-order valence-electron chi connectivity index (χ0n) is 11.9. The molecule has 0 fully saturated rings. The van der Waals surface area contributed by atoms with Crippen molar-refractivity contribution in [2.75, 3.05) is 6.61 Å². The maximum Gasteiger partial charge on any atom is 0.216 e. The Bertz CT molecular complexity index is 833. The largest absolute Gasteiger partial charge is 0.494 e. The Morgan fingerprint density at radius 1 is 1.41 bits per heavy atom. The van der Waals surface area contributed by atoms with E-state index in [0.29, 0.717) is 17.2 Å². The van der Waals surface area contributed by atoms with Crippen LogP contribution in [0, 0.1) is 4.77 Å². The Labute approximate surface area is 136 Å². The van der Waals surface area contributed by atoms with Gasteiger partial charge in [0.15, 0.2) is 5.82 Å². The van der Waals surface area contributed by atoms with Crippen LogP contribution in [0.5, 0.6) is 5.75 Å². The van der Waals surface area contributed by atoms with Gasteiger partial charge in [0.2, 0.25) is 4.77 Å². The monoisotopic (exact) mass is 330 g/mol. The summed E-state index contributed by atoms with van der Waals surface area (Å²) < 4.78 is 7.58. The highest BCUT2D eigenvalue weighted by molar-refractivity contribution is 7.71. The number of aromatic amines is 1. The van der Waals surface area contributed by atoms with Gasteiger partial charge in [-0.05, 0) is 42.7 Å². The van der Waals surface area contributed by atoms with Crippen molar-refractivity contribution >= 4 is 29.8 Å². The molecule has 3 aromatic rings. The van der Waals surface area contributed by atoms with Gasteiger partial charge in [0.1, 0.15) is 5.75 Å². The third kappa shape index (κ3) is 3.15. The standard InChI is InChI=1S/C15H14N4OS2/c1-2-20-12-6-3-5-11(9-12)14-17-18-15(21)19(14)16-10-13-7-4-8-22-13/h3-10H,2H2,1H3,(H,18,21). The summed E-state index contributed by atoms with van der Waals surface area (Å²) in [6.45, 7) is 2.57. The number of H-pyrrole nitrogens is 1. The lowest BCUT2D eigenvalue weighted by Gasteiger charge is -2.05. The Kier molecular flexibility index (Phi) is 4.45. The summed E-state index contributed by atoms with van der Waals surface area (Å²) in [6, 6.07) is 11.7. The number of ether oxygens (including phenoxy) is 1. The average Bonchev–Trinajstić information content (AvgIpc) is 3.15. The Hall–Kier alpha value is -2.25. The summed E-state index contributed by atoms with van der Waals surface area (Å²) in [5.74, 6) is 1.45. The third-order valence-corrected chi connectivity index (χ3v) is 3.97. The van der Waals surface area contributed by atoms with Gasteiger partial charge in [-0.2, -0.15) is 14.9 Å². The SMILES string of the molecule is CCOc1cccc(-c2n[nH]c(=S)n2N=Cc2cccs2)c1. The first kappa shape index (κ1) is 14.7. The van der Waals surface area contributed by atoms with Crippen LogP contribution < -0.4 is 4.74 Å². The van der Waals surface area contributed by atoms with E-state index in [-0.39, 0.29) is 0 Å². The molecule has 0 amide bonds. The van der Waals surface area contributed by atoms with E-state index in [1.807, 2.05) is 48.7 Å². The Balaban J connectivity index is 1.98. The number of benzene rings is 1. The summed E-state index contributed by atoms with van der Waals surface area (Å²) in [5.41, 5.74) is 0.890. The minimum atomic E-state index is 0.449. The molecule has 0 saturated carbocycles. The van der Waals surface area contributed by atoms with Crippen molar-refractivity contribution in [1.82, 2.24) is 14.9 Å². The predicted molar refractivity (Wildman–Crippen MR) is 91.3 cm³/mol. The molecule has 0 aliphatic heterocycles. The van der Waals surface area contributed by atoms with Crippen LogP contribution in [0.25, 0.3) is 11.4 Å². The fourth-order valence-corrected chi connectivity index (χ4v) is 2.72. The molecule has 3 rings (SSSR count). The molecule has 7 heteroatoms. The minimum absolute atomic E-state index is 0.449. The quantitative estimate of drug-likeness (QED) is 0.569. The zero-order chi connectivity index (χ0) is 15.4. The second-order valence-electron chi connectivity index (χ2n) is 4.39. The number of thiophene rings is 1. The molecule has 1 aromatic carbocycles. The average molecular weight is 330 g/mol. The second kappa shape index (κ2) is 6.67. The van der Waals surface area contributed by atoms with Gasteiger partial charge < -0.3 is 4.74 Å². The molecule has 22 heavy (non-hydrogen) atoms. The molecule has 0 bridgehead atoms. The summed E-state index contributed by atoms with van der Waals surface area (Å²) >= 11 is 6.87. The van der Waals surface area contributed by atoms with Crippen molar-refractivity contribution in [3.05, 3.63) is 51.4 Å². The molecule has 0 unspecified atom stereocenters. The van der Waals surface area contributed by atoms with Gasteiger partial charge in [0.25, 0.3) is 0 Å². The highest BCUT2D eigenvalue weighted by Gasteiger charge is 2.09. The van der Waals surface area contributed by atoms with Crippen LogP contribution in [-0.2, 0) is 0 Å². The molecular weight excluding hydrogens is 316 g/mol. The van der Waals surface area contributed by atoms with Gasteiger partial charge >= 0.3 is 0 Å². The Morgan fingerprint density at radius 3 is 3.09 bits per heavy atom. The van der Waals surface area contributed by atoms with Crippen molar-refractivity contribution in [1.29, 1.82) is 0 Å². The molecule has 0 radical (unpaired) electrons. The number of nitrogens with zero attached hydrogens (tertiary/aromatic N) is 3. The number of nitrogens with one attached hydrogen (secondary N) is 1. The second-order valence-corrected chi connectivity index (χ2v) is 5.75. The lowest BCUT2D eigenvalue weighted by Crippen LogP contribution is -1.96. The van der Waals surface area contributed by atoms with Crippen molar-refractivity contribution in [2.45, 2.75) is 6.92 Å². The van der Waals surface area contributed by atoms with Crippen LogP contribution in [-0.4, -0.2) is 27.7 Å². The topological polar surface area (TPSA) is 55.2 Å². The smallest absolute Gasteiger partial charge is 0.216 e. The van der Waals surface area contributed by atoms with Gasteiger partial charge in [-0.3, -0.25) is 0 Å². The maximum absolute atomic E-state index is 5.52. The van der Waals surface area contributed by atoms with E-state index < -0.39 is 0 Å². The minimum Gasteiger partial charge on any atom is -0.494 e. The van der Waals surface area contributed by atoms with E-state index in [2.05, 4.69) is 15.3 Å². The molecule has 0 saturated heterocycles. The lowest BCUT2D eigenvalue weighted by atomic mass is 10.2. The molecule has 0 aliphatic carbocycles. The van der Waals surface area contributed by atoms with E-state index in [1.165, 1.54) is 0 Å². The van der Waals surface area contributed by atoms with Gasteiger partial charge in [-0.25, -0.2) is 5.10 Å². The summed E-state index contributed by atoms with van der Waals surface area (Å²) in [4.78, 5) is 1.05. The Morgan fingerprint density at radius 2 is 2.32 bits per heavy atom. The zero-order valence-corrected chi connectivity index (χ0v) is 13.5. The number of rotatable bonds is 5. The predicted octanol–water partition coefficient (Wildman–Crippen LogP) is 3.95. The fourth-order valence-electron chi connectivity index (χ4n) is 1.96. The van der Waals surface area contributed by atoms with Crippen molar-refractivity contribution in [2.24, 2.45) is 5.10 Å². The molecule has 112 valence electrons. The molecule has 0 aliphatic rings. The van der Waals surface area contributed by atoms with Crippen LogP contribution in [0.2, 0.25) is 0 Å². The molecule has 1 N–H and O–H groups in total. The molecule has 2 aromatic heterocycles. The van der Waals surface area contributed by atoms with E-state index in [4.69, 9.17) is 17.0 Å². The van der Waals surface area contributed by atoms with E-state index in [9.17, 15) is 0 Å². The van der Waals surface area contributed by atoms with E-state index in [1.54, 1.807) is 22.2 Å². The molecule has 0 spiro atoms. The van der Waals surface area contributed by atoms with Crippen LogP contribution in [0.15, 0.2) is 46.9 Å². The highest BCUT2D eigenvalue weighted by atomic mass is 32.1. The van der Waals surface area contributed by atoms with Crippen LogP contribution in [0.3, 0.4) is 0 Å². The number of hydrogen-bond donors (Lipinski definition) is 1. The van der Waals surface area contributed by atoms with E-state index in [0.717, 1.165) is 16.2 Å². The van der Waals surface area contributed by atoms with Gasteiger partial charge in [-0.15, -0.1) is 11.3 Å². The van der Waals surface area contributed by atoms with Crippen molar-refractivity contribution < 1.29 is 4.74 Å². The first-order chi connectivity index (χ1) is 10.8.